The van der Waals surface area contributed by atoms with Crippen LogP contribution in [0.25, 0.3) is 10.9 Å². The summed E-state index contributed by atoms with van der Waals surface area (Å²) in [7, 11) is 2.96. The Morgan fingerprint density at radius 1 is 1.26 bits per heavy atom. The highest BCUT2D eigenvalue weighted by Gasteiger charge is 2.35. The Bertz CT molecular complexity index is 1280. The van der Waals surface area contributed by atoms with Gasteiger partial charge in [-0.05, 0) is 68.1 Å². The Labute approximate surface area is 230 Å². The number of carbonyl (C=O) groups excluding carboxylic acids is 1. The molecule has 4 rings (SSSR count). The second kappa shape index (κ2) is 13.1. The molecule has 10 heteroatoms. The molecule has 0 amide bonds. The zero-order valence-electron chi connectivity index (χ0n) is 21.3. The third-order valence-corrected chi connectivity index (χ3v) is 8.43. The first-order chi connectivity index (χ1) is 18.3. The number of rotatable bonds is 10. The Kier molecular flexibility index (Phi) is 9.81. The average molecular weight is 565 g/mol. The van der Waals surface area contributed by atoms with E-state index in [0.717, 1.165) is 30.5 Å². The second-order valence-electron chi connectivity index (χ2n) is 9.40. The maximum atomic E-state index is 13.9. The number of piperidine rings is 1. The third-order valence-electron chi connectivity index (χ3n) is 7.11. The molecule has 1 fully saturated rings. The average Bonchev–Trinajstić information content (AvgIpc) is 2.93. The molecule has 3 atom stereocenters. The van der Waals surface area contributed by atoms with E-state index in [1.54, 1.807) is 19.4 Å². The number of benzene rings is 2. The number of aromatic nitrogens is 1. The van der Waals surface area contributed by atoms with Crippen LogP contribution in [0, 0.1) is 23.5 Å². The SMILES string of the molecule is COC(=O)C1CN(CCSc2cc(F)ccc2F)CCC1CCC(O)c1c(Cl)cnc2ccc(OC)cc12. The predicted octanol–water partition coefficient (Wildman–Crippen LogP) is 5.89. The van der Waals surface area contributed by atoms with Crippen LogP contribution in [0.1, 0.15) is 30.9 Å². The minimum absolute atomic E-state index is 0.0306. The number of nitrogens with zero attached hydrogens (tertiary/aromatic N) is 2. The molecule has 1 saturated heterocycles. The first kappa shape index (κ1) is 28.5. The van der Waals surface area contributed by atoms with Gasteiger partial charge in [0.1, 0.15) is 17.4 Å². The lowest BCUT2D eigenvalue weighted by molar-refractivity contribution is -0.150. The van der Waals surface area contributed by atoms with Gasteiger partial charge in [0, 0.05) is 40.9 Å². The number of aliphatic hydroxyl groups excluding tert-OH is 1. The van der Waals surface area contributed by atoms with Crippen LogP contribution in [0.15, 0.2) is 47.5 Å². The summed E-state index contributed by atoms with van der Waals surface area (Å²) in [6.45, 7) is 1.90. The Morgan fingerprint density at radius 2 is 2.08 bits per heavy atom. The van der Waals surface area contributed by atoms with Crippen LogP contribution in [0.5, 0.6) is 5.75 Å². The fraction of sp³-hybridized carbons (Fsp3) is 0.429. The van der Waals surface area contributed by atoms with Gasteiger partial charge in [0.05, 0.1) is 36.8 Å². The van der Waals surface area contributed by atoms with E-state index in [1.807, 2.05) is 12.1 Å². The summed E-state index contributed by atoms with van der Waals surface area (Å²) in [6.07, 6.45) is 2.49. The Hall–Kier alpha value is -2.46. The molecule has 1 aromatic heterocycles. The first-order valence-electron chi connectivity index (χ1n) is 12.5. The van der Waals surface area contributed by atoms with Crippen LogP contribution < -0.4 is 4.74 Å². The number of pyridine rings is 1. The number of carbonyl (C=O) groups is 1. The van der Waals surface area contributed by atoms with E-state index in [4.69, 9.17) is 21.1 Å². The fourth-order valence-corrected chi connectivity index (χ4v) is 6.31. The topological polar surface area (TPSA) is 71.9 Å². The van der Waals surface area contributed by atoms with E-state index in [9.17, 15) is 18.7 Å². The molecular formula is C28H31ClF2N2O4S. The monoisotopic (exact) mass is 564 g/mol. The number of esters is 1. The van der Waals surface area contributed by atoms with Crippen molar-refractivity contribution in [3.63, 3.8) is 0 Å². The number of ether oxygens (including phenoxy) is 2. The van der Waals surface area contributed by atoms with Crippen molar-refractivity contribution in [1.29, 1.82) is 0 Å². The number of thioether (sulfide) groups is 1. The summed E-state index contributed by atoms with van der Waals surface area (Å²) in [5.74, 6) is -0.301. The Morgan fingerprint density at radius 3 is 2.84 bits per heavy atom. The van der Waals surface area contributed by atoms with Crippen LogP contribution >= 0.6 is 23.4 Å². The molecular weight excluding hydrogens is 534 g/mol. The van der Waals surface area contributed by atoms with Gasteiger partial charge < -0.3 is 19.5 Å². The fourth-order valence-electron chi connectivity index (χ4n) is 5.06. The number of halogens is 3. The molecule has 2 aromatic carbocycles. The molecule has 1 aliphatic rings. The summed E-state index contributed by atoms with van der Waals surface area (Å²) in [5, 5.41) is 12.3. The third kappa shape index (κ3) is 6.75. The highest BCUT2D eigenvalue weighted by molar-refractivity contribution is 7.99. The molecule has 6 nitrogen and oxygen atoms in total. The van der Waals surface area contributed by atoms with Gasteiger partial charge in [-0.2, -0.15) is 0 Å². The zero-order valence-corrected chi connectivity index (χ0v) is 22.9. The van der Waals surface area contributed by atoms with Gasteiger partial charge in [0.15, 0.2) is 0 Å². The summed E-state index contributed by atoms with van der Waals surface area (Å²) in [5.41, 5.74) is 1.31. The van der Waals surface area contributed by atoms with Gasteiger partial charge in [0.25, 0.3) is 0 Å². The summed E-state index contributed by atoms with van der Waals surface area (Å²) in [4.78, 5) is 19.4. The molecule has 3 unspecified atom stereocenters. The van der Waals surface area contributed by atoms with Crippen LogP contribution in [-0.4, -0.2) is 60.6 Å². The number of aliphatic hydroxyl groups is 1. The predicted molar refractivity (Wildman–Crippen MR) is 145 cm³/mol. The van der Waals surface area contributed by atoms with Crippen LogP contribution in [0.3, 0.4) is 0 Å². The highest BCUT2D eigenvalue weighted by atomic mass is 35.5. The molecule has 0 spiro atoms. The number of likely N-dealkylation sites (tertiary alicyclic amines) is 1. The van der Waals surface area contributed by atoms with Crippen molar-refractivity contribution in [3.8, 4) is 5.75 Å². The largest absolute Gasteiger partial charge is 0.497 e. The van der Waals surface area contributed by atoms with Gasteiger partial charge >= 0.3 is 5.97 Å². The number of fused-ring (bicyclic) bond motifs is 1. The molecule has 3 aromatic rings. The maximum absolute atomic E-state index is 13.9. The van der Waals surface area contributed by atoms with Crippen molar-refractivity contribution in [2.24, 2.45) is 11.8 Å². The van der Waals surface area contributed by atoms with E-state index in [1.165, 1.54) is 24.9 Å². The van der Waals surface area contributed by atoms with Crippen molar-refractivity contribution >= 4 is 40.2 Å². The van der Waals surface area contributed by atoms with E-state index in [2.05, 4.69) is 9.88 Å². The standard InChI is InChI=1S/C28H31ClF2N2O4S/c1-36-19-5-7-24-20(14-19)27(22(29)15-32-24)25(34)8-3-17-9-10-33(16-21(17)28(35)37-2)11-12-38-26-13-18(30)4-6-23(26)31/h4-7,13-15,17,21,25,34H,3,8-12,16H2,1-2H3. The lowest BCUT2D eigenvalue weighted by atomic mass is 9.81. The van der Waals surface area contributed by atoms with E-state index in [0.29, 0.717) is 53.5 Å². The first-order valence-corrected chi connectivity index (χ1v) is 13.8. The summed E-state index contributed by atoms with van der Waals surface area (Å²) < 4.78 is 37.8. The van der Waals surface area contributed by atoms with Crippen molar-refractivity contribution in [1.82, 2.24) is 9.88 Å². The molecule has 2 heterocycles. The molecule has 0 aliphatic carbocycles. The number of hydrogen-bond donors (Lipinski definition) is 1. The quantitative estimate of drug-likeness (QED) is 0.243. The lowest BCUT2D eigenvalue weighted by Gasteiger charge is -2.37. The van der Waals surface area contributed by atoms with Gasteiger partial charge in [-0.1, -0.05) is 11.6 Å². The van der Waals surface area contributed by atoms with Crippen molar-refractivity contribution in [2.45, 2.75) is 30.3 Å². The van der Waals surface area contributed by atoms with Crippen LogP contribution in [0.2, 0.25) is 5.02 Å². The summed E-state index contributed by atoms with van der Waals surface area (Å²) in [6, 6.07) is 8.87. The minimum atomic E-state index is -0.839. The molecule has 0 bridgehead atoms. The lowest BCUT2D eigenvalue weighted by Crippen LogP contribution is -2.45. The summed E-state index contributed by atoms with van der Waals surface area (Å²) >= 11 is 7.71. The van der Waals surface area contributed by atoms with Gasteiger partial charge in [-0.15, -0.1) is 11.8 Å². The number of hydrogen-bond acceptors (Lipinski definition) is 7. The van der Waals surface area contributed by atoms with E-state index in [-0.39, 0.29) is 22.7 Å². The van der Waals surface area contributed by atoms with E-state index >= 15 is 0 Å². The normalized spacial score (nSPS) is 18.9. The highest BCUT2D eigenvalue weighted by Crippen LogP contribution is 2.37. The van der Waals surface area contributed by atoms with Gasteiger partial charge in [0.2, 0.25) is 0 Å². The molecule has 0 saturated carbocycles. The van der Waals surface area contributed by atoms with Gasteiger partial charge in [-0.3, -0.25) is 9.78 Å². The molecule has 1 aliphatic heterocycles. The maximum Gasteiger partial charge on any atom is 0.310 e. The molecule has 1 N–H and O–H groups in total. The van der Waals surface area contributed by atoms with Crippen molar-refractivity contribution < 1.29 is 28.2 Å². The second-order valence-corrected chi connectivity index (χ2v) is 10.9. The molecule has 38 heavy (non-hydrogen) atoms. The minimum Gasteiger partial charge on any atom is -0.497 e. The molecule has 0 radical (unpaired) electrons. The smallest absolute Gasteiger partial charge is 0.310 e. The van der Waals surface area contributed by atoms with Crippen LogP contribution in [0.4, 0.5) is 8.78 Å². The Balaban J connectivity index is 1.39. The number of methoxy groups -OCH3 is 2. The van der Waals surface area contributed by atoms with Crippen molar-refractivity contribution in [3.05, 3.63) is 64.8 Å². The molecule has 204 valence electrons. The van der Waals surface area contributed by atoms with Crippen LogP contribution in [-0.2, 0) is 9.53 Å². The van der Waals surface area contributed by atoms with E-state index < -0.39 is 17.7 Å². The van der Waals surface area contributed by atoms with Gasteiger partial charge in [-0.25, -0.2) is 8.78 Å². The van der Waals surface area contributed by atoms with Crippen molar-refractivity contribution in [2.75, 3.05) is 39.6 Å². The zero-order chi connectivity index (χ0) is 27.2.